The van der Waals surface area contributed by atoms with Crippen molar-refractivity contribution in [3.8, 4) is 0 Å². The summed E-state index contributed by atoms with van der Waals surface area (Å²) in [6.45, 7) is 9.41. The molecule has 0 amide bonds. The van der Waals surface area contributed by atoms with Gasteiger partial charge in [0.05, 0.1) is 66.1 Å². The molecule has 0 saturated heterocycles. The molecule has 0 heterocycles. The number of hydrogen-bond donors (Lipinski definition) is 0. The summed E-state index contributed by atoms with van der Waals surface area (Å²) < 4.78 is 37.3. The van der Waals surface area contributed by atoms with E-state index in [0.29, 0.717) is 78.9 Å². The van der Waals surface area contributed by atoms with Gasteiger partial charge in [-0.25, -0.2) is 0 Å². The smallest absolute Gasteiger partial charge is 0.305 e. The van der Waals surface area contributed by atoms with E-state index >= 15 is 0 Å². The normalized spacial score (nSPS) is 11.1. The SMILES string of the molecule is CCCCCCCCC(=O)OCCOCCOCCOCCOCCOCCOC(=O)CCCCC. The lowest BCUT2D eigenvalue weighted by Gasteiger charge is -2.08. The lowest BCUT2D eigenvalue weighted by molar-refractivity contribution is -0.146. The molecule has 9 nitrogen and oxygen atoms in total. The Hall–Kier alpha value is -1.26. The highest BCUT2D eigenvalue weighted by atomic mass is 16.6. The van der Waals surface area contributed by atoms with Gasteiger partial charge in [-0.15, -0.1) is 0 Å². The van der Waals surface area contributed by atoms with E-state index in [1.165, 1.54) is 25.7 Å². The van der Waals surface area contributed by atoms with Crippen molar-refractivity contribution >= 4 is 11.9 Å². The molecule has 0 radical (unpaired) electrons. The maximum absolute atomic E-state index is 11.6. The van der Waals surface area contributed by atoms with Crippen molar-refractivity contribution in [3.05, 3.63) is 0 Å². The molecule has 214 valence electrons. The van der Waals surface area contributed by atoms with Gasteiger partial charge < -0.3 is 33.2 Å². The van der Waals surface area contributed by atoms with E-state index < -0.39 is 0 Å². The number of carbonyl (C=O) groups is 2. The molecule has 0 aliphatic rings. The number of ether oxygens (including phenoxy) is 7. The quantitative estimate of drug-likeness (QED) is 0.104. The van der Waals surface area contributed by atoms with Crippen LogP contribution < -0.4 is 0 Å². The second kappa shape index (κ2) is 30.0. The monoisotopic (exact) mass is 520 g/mol. The van der Waals surface area contributed by atoms with E-state index in [9.17, 15) is 9.59 Å². The number of rotatable bonds is 29. The van der Waals surface area contributed by atoms with Gasteiger partial charge in [0.15, 0.2) is 0 Å². The Morgan fingerprint density at radius 1 is 0.389 bits per heavy atom. The van der Waals surface area contributed by atoms with Gasteiger partial charge in [-0.2, -0.15) is 0 Å². The molecule has 0 aromatic rings. The zero-order chi connectivity index (χ0) is 26.4. The third-order valence-corrected chi connectivity index (χ3v) is 5.19. The Morgan fingerprint density at radius 3 is 1.06 bits per heavy atom. The largest absolute Gasteiger partial charge is 0.463 e. The van der Waals surface area contributed by atoms with Crippen LogP contribution in [0.1, 0.15) is 84.5 Å². The van der Waals surface area contributed by atoms with E-state index in [1.54, 1.807) is 0 Å². The van der Waals surface area contributed by atoms with Gasteiger partial charge in [0.2, 0.25) is 0 Å². The maximum Gasteiger partial charge on any atom is 0.305 e. The molecule has 0 aliphatic carbocycles. The zero-order valence-corrected chi connectivity index (χ0v) is 22.9. The molecule has 0 atom stereocenters. The summed E-state index contributed by atoms with van der Waals surface area (Å²) in [5, 5.41) is 0. The number of esters is 2. The average molecular weight is 521 g/mol. The van der Waals surface area contributed by atoms with Crippen molar-refractivity contribution in [1.82, 2.24) is 0 Å². The Kier molecular flexibility index (Phi) is 28.9. The van der Waals surface area contributed by atoms with Gasteiger partial charge in [0, 0.05) is 12.8 Å². The lowest BCUT2D eigenvalue weighted by Crippen LogP contribution is -2.15. The summed E-state index contributed by atoms with van der Waals surface area (Å²) in [7, 11) is 0. The van der Waals surface area contributed by atoms with Crippen molar-refractivity contribution < 1.29 is 42.7 Å². The molecule has 0 bridgehead atoms. The Labute approximate surface area is 218 Å². The summed E-state index contributed by atoms with van der Waals surface area (Å²) >= 11 is 0. The molecule has 9 heteroatoms. The lowest BCUT2D eigenvalue weighted by atomic mass is 10.1. The molecule has 0 saturated carbocycles. The minimum Gasteiger partial charge on any atom is -0.463 e. The molecule has 0 spiro atoms. The molecule has 0 N–H and O–H groups in total. The molecule has 0 unspecified atom stereocenters. The molecular formula is C27H52O9. The van der Waals surface area contributed by atoms with E-state index in [1.807, 2.05) is 0 Å². The predicted octanol–water partition coefficient (Wildman–Crippen LogP) is 4.49. The minimum absolute atomic E-state index is 0.144. The first-order chi connectivity index (χ1) is 17.7. The van der Waals surface area contributed by atoms with E-state index in [4.69, 9.17) is 33.2 Å². The van der Waals surface area contributed by atoms with Crippen LogP contribution in [0, 0.1) is 0 Å². The number of unbranched alkanes of at least 4 members (excludes halogenated alkanes) is 7. The summed E-state index contributed by atoms with van der Waals surface area (Å²) in [5.74, 6) is -0.302. The van der Waals surface area contributed by atoms with Gasteiger partial charge in [-0.1, -0.05) is 58.8 Å². The second-order valence-electron chi connectivity index (χ2n) is 8.48. The minimum atomic E-state index is -0.159. The van der Waals surface area contributed by atoms with Gasteiger partial charge in [0.1, 0.15) is 13.2 Å². The predicted molar refractivity (Wildman–Crippen MR) is 138 cm³/mol. The highest BCUT2D eigenvalue weighted by molar-refractivity contribution is 5.69. The molecule has 0 aliphatic heterocycles. The Morgan fingerprint density at radius 2 is 0.667 bits per heavy atom. The molecule has 0 rings (SSSR count). The van der Waals surface area contributed by atoms with Crippen LogP contribution in [0.25, 0.3) is 0 Å². The third kappa shape index (κ3) is 29.0. The van der Waals surface area contributed by atoms with Crippen molar-refractivity contribution in [2.75, 3.05) is 79.3 Å². The molecule has 0 fully saturated rings. The number of hydrogen-bond acceptors (Lipinski definition) is 9. The fourth-order valence-corrected chi connectivity index (χ4v) is 3.12. The van der Waals surface area contributed by atoms with Crippen LogP contribution in [-0.2, 0) is 42.7 Å². The maximum atomic E-state index is 11.6. The van der Waals surface area contributed by atoms with E-state index in [0.717, 1.165) is 32.1 Å². The second-order valence-corrected chi connectivity index (χ2v) is 8.48. The highest BCUT2D eigenvalue weighted by Gasteiger charge is 2.03. The standard InChI is InChI=1S/C27H52O9/c1-3-5-7-8-9-11-13-27(29)36-25-23-34-21-19-32-17-15-30-14-16-31-18-20-33-22-24-35-26(28)12-10-6-4-2/h3-25H2,1-2H3. The third-order valence-electron chi connectivity index (χ3n) is 5.19. The van der Waals surface area contributed by atoms with Crippen LogP contribution in [0.3, 0.4) is 0 Å². The van der Waals surface area contributed by atoms with Gasteiger partial charge in [0.25, 0.3) is 0 Å². The van der Waals surface area contributed by atoms with Crippen LogP contribution >= 0.6 is 0 Å². The van der Waals surface area contributed by atoms with Crippen molar-refractivity contribution in [2.24, 2.45) is 0 Å². The van der Waals surface area contributed by atoms with E-state index in [-0.39, 0.29) is 25.2 Å². The first kappa shape index (κ1) is 34.7. The molecule has 36 heavy (non-hydrogen) atoms. The van der Waals surface area contributed by atoms with Crippen molar-refractivity contribution in [1.29, 1.82) is 0 Å². The first-order valence-electron chi connectivity index (χ1n) is 13.9. The van der Waals surface area contributed by atoms with E-state index in [2.05, 4.69) is 13.8 Å². The van der Waals surface area contributed by atoms with Gasteiger partial charge >= 0.3 is 11.9 Å². The Bertz CT molecular complexity index is 474. The van der Waals surface area contributed by atoms with Gasteiger partial charge in [-0.05, 0) is 12.8 Å². The van der Waals surface area contributed by atoms with Crippen molar-refractivity contribution in [2.45, 2.75) is 84.5 Å². The fraction of sp³-hybridized carbons (Fsp3) is 0.926. The summed E-state index contributed by atoms with van der Waals surface area (Å²) in [5.41, 5.74) is 0. The number of carbonyl (C=O) groups excluding carboxylic acids is 2. The van der Waals surface area contributed by atoms with Crippen LogP contribution in [0.5, 0.6) is 0 Å². The van der Waals surface area contributed by atoms with Crippen LogP contribution in [0.4, 0.5) is 0 Å². The summed E-state index contributed by atoms with van der Waals surface area (Å²) in [6.07, 6.45) is 10.9. The summed E-state index contributed by atoms with van der Waals surface area (Å²) in [4.78, 5) is 23.0. The Balaban J connectivity index is 3.15. The van der Waals surface area contributed by atoms with Crippen LogP contribution in [0.2, 0.25) is 0 Å². The fourth-order valence-electron chi connectivity index (χ4n) is 3.12. The topological polar surface area (TPSA) is 98.8 Å². The average Bonchev–Trinajstić information content (AvgIpc) is 2.87. The molecule has 0 aromatic carbocycles. The van der Waals surface area contributed by atoms with Crippen LogP contribution in [-0.4, -0.2) is 91.2 Å². The first-order valence-corrected chi connectivity index (χ1v) is 13.9. The zero-order valence-electron chi connectivity index (χ0n) is 22.9. The molecule has 0 aromatic heterocycles. The summed E-state index contributed by atoms with van der Waals surface area (Å²) in [6, 6.07) is 0. The van der Waals surface area contributed by atoms with Crippen molar-refractivity contribution in [3.63, 3.8) is 0 Å². The molecular weight excluding hydrogens is 468 g/mol. The van der Waals surface area contributed by atoms with Crippen LogP contribution in [0.15, 0.2) is 0 Å². The highest BCUT2D eigenvalue weighted by Crippen LogP contribution is 2.07. The van der Waals surface area contributed by atoms with Gasteiger partial charge in [-0.3, -0.25) is 9.59 Å².